The number of aliphatic imine (C=N–C) groups is 1. The van der Waals surface area contributed by atoms with E-state index >= 15 is 0 Å². The minimum atomic E-state index is 0. The molecule has 6 heteroatoms. The first-order valence-electron chi connectivity index (χ1n) is 7.43. The number of likely N-dealkylation sites (N-methyl/N-ethyl adjacent to an activating group) is 1. The molecular formula is C14H29IN4O. The van der Waals surface area contributed by atoms with Gasteiger partial charge < -0.3 is 20.3 Å². The van der Waals surface area contributed by atoms with Crippen molar-refractivity contribution in [1.29, 1.82) is 0 Å². The fourth-order valence-electron chi connectivity index (χ4n) is 2.77. The summed E-state index contributed by atoms with van der Waals surface area (Å²) in [7, 11) is 3.97. The van der Waals surface area contributed by atoms with Gasteiger partial charge >= 0.3 is 0 Å². The highest BCUT2D eigenvalue weighted by Gasteiger charge is 2.41. The van der Waals surface area contributed by atoms with Gasteiger partial charge in [0, 0.05) is 26.2 Å². The predicted octanol–water partition coefficient (Wildman–Crippen LogP) is 1.43. The summed E-state index contributed by atoms with van der Waals surface area (Å²) in [4.78, 5) is 6.62. The van der Waals surface area contributed by atoms with E-state index in [1.54, 1.807) is 0 Å². The van der Waals surface area contributed by atoms with Crippen molar-refractivity contribution in [2.24, 2.45) is 4.99 Å². The van der Waals surface area contributed by atoms with Crippen LogP contribution in [0.1, 0.15) is 33.1 Å². The number of guanidine groups is 1. The minimum absolute atomic E-state index is 0. The summed E-state index contributed by atoms with van der Waals surface area (Å²) >= 11 is 0. The van der Waals surface area contributed by atoms with E-state index in [1.807, 2.05) is 7.05 Å². The molecule has 2 rings (SSSR count). The first-order chi connectivity index (χ1) is 9.10. The Bertz CT molecular complexity index is 324. The van der Waals surface area contributed by atoms with Crippen LogP contribution in [0, 0.1) is 0 Å². The van der Waals surface area contributed by atoms with Crippen molar-refractivity contribution in [1.82, 2.24) is 15.5 Å². The van der Waals surface area contributed by atoms with Crippen molar-refractivity contribution < 1.29 is 4.74 Å². The fourth-order valence-corrected chi connectivity index (χ4v) is 2.77. The highest BCUT2D eigenvalue weighted by molar-refractivity contribution is 14.0. The van der Waals surface area contributed by atoms with Crippen LogP contribution in [0.15, 0.2) is 4.99 Å². The van der Waals surface area contributed by atoms with Crippen LogP contribution < -0.4 is 10.6 Å². The largest absolute Gasteiger partial charge is 0.373 e. The van der Waals surface area contributed by atoms with Crippen molar-refractivity contribution in [3.63, 3.8) is 0 Å². The molecule has 5 nitrogen and oxygen atoms in total. The quantitative estimate of drug-likeness (QED) is 0.420. The normalized spacial score (nSPS) is 28.9. The van der Waals surface area contributed by atoms with Gasteiger partial charge in [-0.3, -0.25) is 4.99 Å². The molecule has 0 aromatic heterocycles. The molecule has 0 aromatic rings. The predicted molar refractivity (Wildman–Crippen MR) is 94.0 cm³/mol. The average Bonchev–Trinajstić information content (AvgIpc) is 2.99. The molecule has 0 amide bonds. The molecule has 3 atom stereocenters. The van der Waals surface area contributed by atoms with E-state index in [9.17, 15) is 0 Å². The SMILES string of the molecule is CN=C(NCCN(C)C(C)C)NC1CC2CCC1O2.I. The molecule has 2 N–H and O–H groups in total. The summed E-state index contributed by atoms with van der Waals surface area (Å²) in [5, 5.41) is 6.88. The second-order valence-electron chi connectivity index (χ2n) is 5.93. The Balaban J connectivity index is 0.00000200. The first kappa shape index (κ1) is 18.0. The van der Waals surface area contributed by atoms with Gasteiger partial charge in [0.2, 0.25) is 0 Å². The van der Waals surface area contributed by atoms with Crippen molar-refractivity contribution in [2.75, 3.05) is 27.2 Å². The monoisotopic (exact) mass is 396 g/mol. The zero-order valence-electron chi connectivity index (χ0n) is 13.1. The molecule has 2 aliphatic rings. The van der Waals surface area contributed by atoms with Gasteiger partial charge in [0.1, 0.15) is 0 Å². The molecule has 20 heavy (non-hydrogen) atoms. The lowest BCUT2D eigenvalue weighted by Gasteiger charge is -2.24. The van der Waals surface area contributed by atoms with E-state index in [0.29, 0.717) is 24.3 Å². The van der Waals surface area contributed by atoms with Crippen molar-refractivity contribution >= 4 is 29.9 Å². The lowest BCUT2D eigenvalue weighted by atomic mass is 9.96. The molecule has 2 bridgehead atoms. The molecule has 0 aliphatic carbocycles. The zero-order valence-corrected chi connectivity index (χ0v) is 15.4. The molecule has 0 aromatic carbocycles. The lowest BCUT2D eigenvalue weighted by Crippen LogP contribution is -2.49. The fraction of sp³-hybridized carbons (Fsp3) is 0.929. The van der Waals surface area contributed by atoms with Gasteiger partial charge in [-0.2, -0.15) is 0 Å². The number of rotatable bonds is 5. The lowest BCUT2D eigenvalue weighted by molar-refractivity contribution is 0.0992. The number of fused-ring (bicyclic) bond motifs is 2. The van der Waals surface area contributed by atoms with Crippen LogP contribution in [0.2, 0.25) is 0 Å². The molecule has 2 saturated heterocycles. The number of hydrogen-bond donors (Lipinski definition) is 2. The number of nitrogens with zero attached hydrogens (tertiary/aromatic N) is 2. The highest BCUT2D eigenvalue weighted by Crippen LogP contribution is 2.34. The Morgan fingerprint density at radius 1 is 1.40 bits per heavy atom. The van der Waals surface area contributed by atoms with Crippen molar-refractivity contribution in [2.45, 2.75) is 57.4 Å². The first-order valence-corrected chi connectivity index (χ1v) is 7.43. The maximum atomic E-state index is 5.85. The van der Waals surface area contributed by atoms with Gasteiger partial charge in [-0.05, 0) is 40.2 Å². The third-order valence-electron chi connectivity index (χ3n) is 4.29. The Labute approximate surface area is 139 Å². The summed E-state index contributed by atoms with van der Waals surface area (Å²) in [5.74, 6) is 0.901. The second kappa shape index (κ2) is 8.38. The smallest absolute Gasteiger partial charge is 0.191 e. The maximum absolute atomic E-state index is 5.85. The van der Waals surface area contributed by atoms with E-state index in [-0.39, 0.29) is 24.0 Å². The van der Waals surface area contributed by atoms with E-state index in [1.165, 1.54) is 12.8 Å². The van der Waals surface area contributed by atoms with Crippen LogP contribution >= 0.6 is 24.0 Å². The summed E-state index contributed by atoms with van der Waals surface area (Å²) < 4.78 is 5.85. The van der Waals surface area contributed by atoms with Crippen molar-refractivity contribution in [3.05, 3.63) is 0 Å². The average molecular weight is 396 g/mol. The standard InChI is InChI=1S/C14H28N4O.HI/c1-10(2)18(4)8-7-16-14(15-3)17-12-9-11-5-6-13(12)19-11;/h10-13H,5-9H2,1-4H3,(H2,15,16,17);1H. The van der Waals surface area contributed by atoms with Crippen LogP contribution in [0.3, 0.4) is 0 Å². The Morgan fingerprint density at radius 2 is 2.15 bits per heavy atom. The summed E-state index contributed by atoms with van der Waals surface area (Å²) in [6, 6.07) is 1.02. The van der Waals surface area contributed by atoms with Gasteiger partial charge in [0.25, 0.3) is 0 Å². The maximum Gasteiger partial charge on any atom is 0.191 e. The van der Waals surface area contributed by atoms with E-state index in [2.05, 4.69) is 41.4 Å². The van der Waals surface area contributed by atoms with Gasteiger partial charge in [-0.15, -0.1) is 24.0 Å². The Morgan fingerprint density at radius 3 is 2.65 bits per heavy atom. The van der Waals surface area contributed by atoms with E-state index < -0.39 is 0 Å². The molecule has 118 valence electrons. The topological polar surface area (TPSA) is 48.9 Å². The van der Waals surface area contributed by atoms with Gasteiger partial charge in [0.05, 0.1) is 18.2 Å². The summed E-state index contributed by atoms with van der Waals surface area (Å²) in [5.41, 5.74) is 0. The van der Waals surface area contributed by atoms with Crippen molar-refractivity contribution in [3.8, 4) is 0 Å². The highest BCUT2D eigenvalue weighted by atomic mass is 127. The van der Waals surface area contributed by atoms with Crippen LogP contribution in [-0.2, 0) is 4.74 Å². The third kappa shape index (κ3) is 4.73. The molecule has 2 heterocycles. The van der Waals surface area contributed by atoms with E-state index in [0.717, 1.165) is 25.5 Å². The van der Waals surface area contributed by atoms with Crippen LogP contribution in [-0.4, -0.2) is 62.3 Å². The summed E-state index contributed by atoms with van der Waals surface area (Å²) in [6.07, 6.45) is 4.41. The van der Waals surface area contributed by atoms with E-state index in [4.69, 9.17) is 4.74 Å². The minimum Gasteiger partial charge on any atom is -0.373 e. The molecule has 0 spiro atoms. The van der Waals surface area contributed by atoms with Gasteiger partial charge in [0.15, 0.2) is 5.96 Å². The number of halogens is 1. The Kier molecular flexibility index (Phi) is 7.53. The number of ether oxygens (including phenoxy) is 1. The number of hydrogen-bond acceptors (Lipinski definition) is 3. The second-order valence-corrected chi connectivity index (χ2v) is 5.93. The molecule has 3 unspecified atom stereocenters. The van der Waals surface area contributed by atoms with Gasteiger partial charge in [-0.25, -0.2) is 0 Å². The summed E-state index contributed by atoms with van der Waals surface area (Å²) in [6.45, 7) is 6.35. The third-order valence-corrected chi connectivity index (χ3v) is 4.29. The molecule has 0 radical (unpaired) electrons. The Hall–Kier alpha value is -0.0800. The molecule has 2 fully saturated rings. The van der Waals surface area contributed by atoms with Crippen LogP contribution in [0.25, 0.3) is 0 Å². The molecule has 0 saturated carbocycles. The number of nitrogens with one attached hydrogen (secondary N) is 2. The zero-order chi connectivity index (χ0) is 13.8. The van der Waals surface area contributed by atoms with Crippen LogP contribution in [0.4, 0.5) is 0 Å². The van der Waals surface area contributed by atoms with Gasteiger partial charge in [-0.1, -0.05) is 0 Å². The molecular weight excluding hydrogens is 367 g/mol. The van der Waals surface area contributed by atoms with Crippen LogP contribution in [0.5, 0.6) is 0 Å². The molecule has 2 aliphatic heterocycles.